The molecule has 5 heteroatoms. The van der Waals surface area contributed by atoms with Crippen molar-refractivity contribution in [3.05, 3.63) is 58.9 Å². The van der Waals surface area contributed by atoms with Gasteiger partial charge in [0.1, 0.15) is 11.6 Å². The molecule has 0 spiro atoms. The van der Waals surface area contributed by atoms with E-state index in [9.17, 15) is 9.18 Å². The molecule has 110 valence electrons. The molecule has 0 aliphatic rings. The first-order chi connectivity index (χ1) is 10.1. The lowest BCUT2D eigenvalue weighted by Gasteiger charge is -2.08. The molecule has 21 heavy (non-hydrogen) atoms. The zero-order valence-corrected chi connectivity index (χ0v) is 12.3. The van der Waals surface area contributed by atoms with Crippen molar-refractivity contribution in [1.29, 1.82) is 0 Å². The van der Waals surface area contributed by atoms with Crippen LogP contribution in [0.2, 0.25) is 5.02 Å². The molecule has 3 nitrogen and oxygen atoms in total. The summed E-state index contributed by atoms with van der Waals surface area (Å²) in [7, 11) is 0. The zero-order chi connectivity index (χ0) is 15.2. The molecule has 0 aromatic heterocycles. The normalized spacial score (nSPS) is 10.2. The molecule has 0 aliphatic carbocycles. The fourth-order valence-corrected chi connectivity index (χ4v) is 2.00. The molecule has 0 saturated heterocycles. The molecular formula is C16H15ClFNO2. The number of ether oxygens (including phenoxy) is 1. The van der Waals surface area contributed by atoms with Crippen molar-refractivity contribution in [2.24, 2.45) is 0 Å². The standard InChI is InChI=1S/C16H15ClFNO2/c1-2-21-13-6-3-11(4-7-13)9-16(20)19-15-8-5-12(17)10-14(15)18/h3-8,10H,2,9H2,1H3,(H,19,20). The van der Waals surface area contributed by atoms with Crippen molar-refractivity contribution in [3.8, 4) is 5.75 Å². The number of hydrogen-bond acceptors (Lipinski definition) is 2. The Labute approximate surface area is 127 Å². The Morgan fingerprint density at radius 2 is 1.95 bits per heavy atom. The van der Waals surface area contributed by atoms with Crippen LogP contribution >= 0.6 is 11.6 Å². The molecule has 0 heterocycles. The highest BCUT2D eigenvalue weighted by molar-refractivity contribution is 6.30. The van der Waals surface area contributed by atoms with Crippen LogP contribution < -0.4 is 10.1 Å². The molecule has 2 aromatic carbocycles. The van der Waals surface area contributed by atoms with Crippen molar-refractivity contribution in [3.63, 3.8) is 0 Å². The SMILES string of the molecule is CCOc1ccc(CC(=O)Nc2ccc(Cl)cc2F)cc1. The van der Waals surface area contributed by atoms with Gasteiger partial charge in [0.2, 0.25) is 5.91 Å². The van der Waals surface area contributed by atoms with Crippen molar-refractivity contribution >= 4 is 23.2 Å². The van der Waals surface area contributed by atoms with E-state index in [2.05, 4.69) is 5.32 Å². The fraction of sp³-hybridized carbons (Fsp3) is 0.188. The van der Waals surface area contributed by atoms with Gasteiger partial charge in [0, 0.05) is 5.02 Å². The molecule has 1 amide bonds. The first-order valence-electron chi connectivity index (χ1n) is 6.55. The van der Waals surface area contributed by atoms with Crippen molar-refractivity contribution in [1.82, 2.24) is 0 Å². The monoisotopic (exact) mass is 307 g/mol. The molecule has 0 unspecified atom stereocenters. The minimum absolute atomic E-state index is 0.121. The summed E-state index contributed by atoms with van der Waals surface area (Å²) in [5.74, 6) is -0.0895. The number of benzene rings is 2. The van der Waals surface area contributed by atoms with Gasteiger partial charge in [-0.3, -0.25) is 4.79 Å². The Balaban J connectivity index is 1.98. The Kier molecular flexibility index (Phi) is 5.17. The number of rotatable bonds is 5. The summed E-state index contributed by atoms with van der Waals surface area (Å²) < 4.78 is 18.9. The van der Waals surface area contributed by atoms with E-state index >= 15 is 0 Å². The third-order valence-electron chi connectivity index (χ3n) is 2.80. The summed E-state index contributed by atoms with van der Waals surface area (Å²) in [5.41, 5.74) is 0.945. The lowest BCUT2D eigenvalue weighted by Crippen LogP contribution is -2.15. The van der Waals surface area contributed by atoms with Crippen molar-refractivity contribution < 1.29 is 13.9 Å². The number of nitrogens with one attached hydrogen (secondary N) is 1. The van der Waals surface area contributed by atoms with Crippen LogP contribution in [0.5, 0.6) is 5.75 Å². The number of amides is 1. The van der Waals surface area contributed by atoms with Crippen LogP contribution in [0.4, 0.5) is 10.1 Å². The highest BCUT2D eigenvalue weighted by atomic mass is 35.5. The highest BCUT2D eigenvalue weighted by Crippen LogP contribution is 2.19. The minimum atomic E-state index is -0.553. The maximum absolute atomic E-state index is 13.6. The summed E-state index contributed by atoms with van der Waals surface area (Å²) >= 11 is 5.66. The largest absolute Gasteiger partial charge is 0.494 e. The highest BCUT2D eigenvalue weighted by Gasteiger charge is 2.08. The number of anilines is 1. The Morgan fingerprint density at radius 1 is 1.24 bits per heavy atom. The van der Waals surface area contributed by atoms with Crippen LogP contribution in [0.25, 0.3) is 0 Å². The molecule has 2 aromatic rings. The first-order valence-corrected chi connectivity index (χ1v) is 6.93. The van der Waals surface area contributed by atoms with Crippen LogP contribution in [0.1, 0.15) is 12.5 Å². The molecule has 0 aliphatic heterocycles. The van der Waals surface area contributed by atoms with E-state index in [1.807, 2.05) is 19.1 Å². The summed E-state index contributed by atoms with van der Waals surface area (Å²) in [5, 5.41) is 2.81. The van der Waals surface area contributed by atoms with Gasteiger partial charge in [0.05, 0.1) is 18.7 Å². The molecular weight excluding hydrogens is 293 g/mol. The third-order valence-corrected chi connectivity index (χ3v) is 3.04. The van der Waals surface area contributed by atoms with Gasteiger partial charge in [-0.1, -0.05) is 23.7 Å². The topological polar surface area (TPSA) is 38.3 Å². The fourth-order valence-electron chi connectivity index (χ4n) is 1.84. The molecule has 0 fully saturated rings. The van der Waals surface area contributed by atoms with Crippen LogP contribution in [0.3, 0.4) is 0 Å². The lowest BCUT2D eigenvalue weighted by atomic mass is 10.1. The van der Waals surface area contributed by atoms with Crippen LogP contribution in [0.15, 0.2) is 42.5 Å². The van der Waals surface area contributed by atoms with Gasteiger partial charge in [-0.25, -0.2) is 4.39 Å². The van der Waals surface area contributed by atoms with Crippen LogP contribution in [-0.4, -0.2) is 12.5 Å². The third kappa shape index (κ3) is 4.46. The van der Waals surface area contributed by atoms with E-state index in [0.29, 0.717) is 6.61 Å². The predicted octanol–water partition coefficient (Wildman–Crippen LogP) is 4.06. The quantitative estimate of drug-likeness (QED) is 0.904. The molecule has 1 N–H and O–H groups in total. The molecule has 0 bridgehead atoms. The average molecular weight is 308 g/mol. The minimum Gasteiger partial charge on any atom is -0.494 e. The van der Waals surface area contributed by atoms with Gasteiger partial charge in [0.25, 0.3) is 0 Å². The zero-order valence-electron chi connectivity index (χ0n) is 11.5. The summed E-state index contributed by atoms with van der Waals surface area (Å²) in [6.07, 6.45) is 0.161. The summed E-state index contributed by atoms with van der Waals surface area (Å²) in [6, 6.07) is 11.3. The van der Waals surface area contributed by atoms with Crippen LogP contribution in [0, 0.1) is 5.82 Å². The van der Waals surface area contributed by atoms with Crippen LogP contribution in [-0.2, 0) is 11.2 Å². The summed E-state index contributed by atoms with van der Waals surface area (Å²) in [6.45, 7) is 2.50. The molecule has 2 rings (SSSR count). The summed E-state index contributed by atoms with van der Waals surface area (Å²) in [4.78, 5) is 11.9. The second-order valence-electron chi connectivity index (χ2n) is 4.43. The lowest BCUT2D eigenvalue weighted by molar-refractivity contribution is -0.115. The first kappa shape index (κ1) is 15.3. The number of hydrogen-bond donors (Lipinski definition) is 1. The van der Waals surface area contributed by atoms with Gasteiger partial charge in [-0.2, -0.15) is 0 Å². The van der Waals surface area contributed by atoms with Gasteiger partial charge in [-0.15, -0.1) is 0 Å². The van der Waals surface area contributed by atoms with E-state index in [0.717, 1.165) is 17.4 Å². The predicted molar refractivity (Wildman–Crippen MR) is 81.4 cm³/mol. The van der Waals surface area contributed by atoms with Crippen molar-refractivity contribution in [2.75, 3.05) is 11.9 Å². The van der Waals surface area contributed by atoms with E-state index in [-0.39, 0.29) is 23.0 Å². The van der Waals surface area contributed by atoms with Gasteiger partial charge in [0.15, 0.2) is 0 Å². The van der Waals surface area contributed by atoms with Gasteiger partial charge in [-0.05, 0) is 42.8 Å². The second-order valence-corrected chi connectivity index (χ2v) is 4.86. The molecule has 0 saturated carbocycles. The Bertz CT molecular complexity index is 629. The van der Waals surface area contributed by atoms with E-state index < -0.39 is 5.82 Å². The number of carbonyl (C=O) groups is 1. The smallest absolute Gasteiger partial charge is 0.228 e. The van der Waals surface area contributed by atoms with E-state index in [1.54, 1.807) is 12.1 Å². The van der Waals surface area contributed by atoms with Crippen molar-refractivity contribution in [2.45, 2.75) is 13.3 Å². The van der Waals surface area contributed by atoms with E-state index in [4.69, 9.17) is 16.3 Å². The maximum Gasteiger partial charge on any atom is 0.228 e. The van der Waals surface area contributed by atoms with Gasteiger partial charge >= 0.3 is 0 Å². The molecule has 0 atom stereocenters. The number of carbonyl (C=O) groups excluding carboxylic acids is 1. The Morgan fingerprint density at radius 3 is 2.57 bits per heavy atom. The Hall–Kier alpha value is -2.07. The van der Waals surface area contributed by atoms with E-state index in [1.165, 1.54) is 12.1 Å². The number of halogens is 2. The maximum atomic E-state index is 13.6. The average Bonchev–Trinajstić information content (AvgIpc) is 2.44. The molecule has 0 radical (unpaired) electrons. The second kappa shape index (κ2) is 7.09. The van der Waals surface area contributed by atoms with Gasteiger partial charge < -0.3 is 10.1 Å².